The van der Waals surface area contributed by atoms with Gasteiger partial charge in [-0.2, -0.15) is 5.10 Å². The number of ether oxygens (including phenoxy) is 1. The van der Waals surface area contributed by atoms with Crippen LogP contribution in [0.15, 0.2) is 79.3 Å². The molecule has 0 saturated heterocycles. The Labute approximate surface area is 189 Å². The number of nitrogens with zero attached hydrogens (tertiary/aromatic N) is 3. The molecule has 8 heteroatoms. The summed E-state index contributed by atoms with van der Waals surface area (Å²) in [7, 11) is 0. The van der Waals surface area contributed by atoms with E-state index in [2.05, 4.69) is 15.4 Å². The lowest BCUT2D eigenvalue weighted by atomic mass is 10.2. The maximum atomic E-state index is 12.8. The summed E-state index contributed by atoms with van der Waals surface area (Å²) in [4.78, 5) is 16.9. The van der Waals surface area contributed by atoms with Crippen LogP contribution in [0.2, 0.25) is 10.0 Å². The Morgan fingerprint density at radius 1 is 1.00 bits per heavy atom. The molecule has 1 amide bonds. The summed E-state index contributed by atoms with van der Waals surface area (Å²) in [6.07, 6.45) is 5.05. The summed E-state index contributed by atoms with van der Waals surface area (Å²) < 4.78 is 7.41. The predicted molar refractivity (Wildman–Crippen MR) is 121 cm³/mol. The van der Waals surface area contributed by atoms with E-state index < -0.39 is 0 Å². The number of halogens is 2. The van der Waals surface area contributed by atoms with E-state index in [-0.39, 0.29) is 5.91 Å². The third-order valence-electron chi connectivity index (χ3n) is 4.55. The van der Waals surface area contributed by atoms with Crippen molar-refractivity contribution in [3.63, 3.8) is 0 Å². The number of pyridine rings is 1. The molecule has 2 aromatic carbocycles. The average molecular weight is 453 g/mol. The standard InChI is InChI=1S/C23H18Cl2N4O2/c24-20-7-2-8-21(25)19(20)14-29-22(9-11-27-29)28-23(30)17-5-1-6-18(12-17)31-15-16-4-3-10-26-13-16/h1-13H,14-15H2,(H,28,30). The minimum atomic E-state index is -0.279. The molecule has 4 rings (SSSR count). The van der Waals surface area contributed by atoms with Gasteiger partial charge in [-0.05, 0) is 36.4 Å². The number of hydrogen-bond acceptors (Lipinski definition) is 4. The molecule has 156 valence electrons. The number of nitrogens with one attached hydrogen (secondary N) is 1. The molecule has 0 aliphatic rings. The van der Waals surface area contributed by atoms with E-state index in [4.69, 9.17) is 27.9 Å². The van der Waals surface area contributed by atoms with E-state index in [1.165, 1.54) is 0 Å². The molecular weight excluding hydrogens is 435 g/mol. The zero-order valence-electron chi connectivity index (χ0n) is 16.3. The Balaban J connectivity index is 1.45. The van der Waals surface area contributed by atoms with Crippen molar-refractivity contribution in [1.82, 2.24) is 14.8 Å². The van der Waals surface area contributed by atoms with Gasteiger partial charge in [-0.3, -0.25) is 9.78 Å². The summed E-state index contributed by atoms with van der Waals surface area (Å²) in [5, 5.41) is 8.23. The molecule has 4 aromatic rings. The number of benzene rings is 2. The van der Waals surface area contributed by atoms with Crippen LogP contribution in [-0.2, 0) is 13.2 Å². The number of aromatic nitrogens is 3. The van der Waals surface area contributed by atoms with Crippen molar-refractivity contribution in [3.8, 4) is 5.75 Å². The van der Waals surface area contributed by atoms with Crippen LogP contribution in [0.1, 0.15) is 21.5 Å². The van der Waals surface area contributed by atoms with E-state index in [0.717, 1.165) is 11.1 Å². The zero-order valence-corrected chi connectivity index (χ0v) is 17.8. The Morgan fingerprint density at radius 3 is 2.58 bits per heavy atom. The van der Waals surface area contributed by atoms with Gasteiger partial charge in [0.05, 0.1) is 12.7 Å². The molecule has 0 aliphatic heterocycles. The topological polar surface area (TPSA) is 69.0 Å². The van der Waals surface area contributed by atoms with Crippen molar-refractivity contribution < 1.29 is 9.53 Å². The molecule has 0 radical (unpaired) electrons. The first-order chi connectivity index (χ1) is 15.1. The van der Waals surface area contributed by atoms with Crippen molar-refractivity contribution >= 4 is 34.9 Å². The fraction of sp³-hybridized carbons (Fsp3) is 0.0870. The van der Waals surface area contributed by atoms with Crippen LogP contribution in [0.4, 0.5) is 5.82 Å². The second-order valence-corrected chi connectivity index (χ2v) is 7.52. The van der Waals surface area contributed by atoms with Crippen molar-refractivity contribution in [2.75, 3.05) is 5.32 Å². The average Bonchev–Trinajstić information content (AvgIpc) is 3.22. The minimum absolute atomic E-state index is 0.279. The van der Waals surface area contributed by atoms with E-state index >= 15 is 0 Å². The van der Waals surface area contributed by atoms with Crippen LogP contribution in [0.25, 0.3) is 0 Å². The van der Waals surface area contributed by atoms with Crippen LogP contribution in [0, 0.1) is 0 Å². The maximum absolute atomic E-state index is 12.8. The van der Waals surface area contributed by atoms with Crippen molar-refractivity contribution in [2.24, 2.45) is 0 Å². The molecule has 1 N–H and O–H groups in total. The highest BCUT2D eigenvalue weighted by Gasteiger charge is 2.13. The van der Waals surface area contributed by atoms with Gasteiger partial charge in [0.25, 0.3) is 5.91 Å². The molecule has 6 nitrogen and oxygen atoms in total. The quantitative estimate of drug-likeness (QED) is 0.403. The Morgan fingerprint density at radius 2 is 1.81 bits per heavy atom. The van der Waals surface area contributed by atoms with Gasteiger partial charge in [-0.1, -0.05) is 41.4 Å². The molecule has 31 heavy (non-hydrogen) atoms. The number of carbonyl (C=O) groups excluding carboxylic acids is 1. The van der Waals surface area contributed by atoms with Crippen molar-refractivity contribution in [3.05, 3.63) is 106 Å². The van der Waals surface area contributed by atoms with Crippen molar-refractivity contribution in [1.29, 1.82) is 0 Å². The molecule has 0 bridgehead atoms. The first-order valence-electron chi connectivity index (χ1n) is 9.48. The third-order valence-corrected chi connectivity index (χ3v) is 5.26. The summed E-state index contributed by atoms with van der Waals surface area (Å²) in [5.74, 6) is 0.842. The van der Waals surface area contributed by atoms with E-state index in [1.807, 2.05) is 12.1 Å². The molecular formula is C23H18Cl2N4O2. The maximum Gasteiger partial charge on any atom is 0.256 e. The lowest BCUT2D eigenvalue weighted by Gasteiger charge is -2.12. The molecule has 0 atom stereocenters. The Bertz CT molecular complexity index is 1170. The van der Waals surface area contributed by atoms with Gasteiger partial charge in [0, 0.05) is 45.2 Å². The normalized spacial score (nSPS) is 10.6. The Hall–Kier alpha value is -3.35. The Kier molecular flexibility index (Phi) is 6.50. The number of amides is 1. The highest BCUT2D eigenvalue weighted by atomic mass is 35.5. The second-order valence-electron chi connectivity index (χ2n) is 6.71. The van der Waals surface area contributed by atoms with Gasteiger partial charge in [-0.25, -0.2) is 4.68 Å². The monoisotopic (exact) mass is 452 g/mol. The van der Waals surface area contributed by atoms with Crippen LogP contribution >= 0.6 is 23.2 Å². The fourth-order valence-electron chi connectivity index (χ4n) is 2.96. The molecule has 0 saturated carbocycles. The van der Waals surface area contributed by atoms with Crippen molar-refractivity contribution in [2.45, 2.75) is 13.2 Å². The van der Waals surface area contributed by atoms with E-state index in [0.29, 0.717) is 40.3 Å². The van der Waals surface area contributed by atoms with Gasteiger partial charge in [0.2, 0.25) is 0 Å². The van der Waals surface area contributed by atoms with Gasteiger partial charge in [-0.15, -0.1) is 0 Å². The molecule has 0 spiro atoms. The lowest BCUT2D eigenvalue weighted by Crippen LogP contribution is -2.16. The number of anilines is 1. The molecule has 0 fully saturated rings. The highest BCUT2D eigenvalue weighted by Crippen LogP contribution is 2.26. The largest absolute Gasteiger partial charge is 0.489 e. The summed E-state index contributed by atoms with van der Waals surface area (Å²) in [5.41, 5.74) is 2.14. The smallest absolute Gasteiger partial charge is 0.256 e. The third kappa shape index (κ3) is 5.23. The predicted octanol–water partition coefficient (Wildman–Crippen LogP) is 5.46. The molecule has 2 heterocycles. The number of rotatable bonds is 7. The molecule has 0 aliphatic carbocycles. The summed E-state index contributed by atoms with van der Waals surface area (Å²) in [6.45, 7) is 0.694. The van der Waals surface area contributed by atoms with Gasteiger partial charge in [0.15, 0.2) is 0 Å². The zero-order chi connectivity index (χ0) is 21.6. The summed E-state index contributed by atoms with van der Waals surface area (Å²) in [6, 6.07) is 17.8. The second kappa shape index (κ2) is 9.64. The first-order valence-corrected chi connectivity index (χ1v) is 10.2. The van der Waals surface area contributed by atoms with E-state index in [1.54, 1.807) is 71.8 Å². The highest BCUT2D eigenvalue weighted by molar-refractivity contribution is 6.36. The minimum Gasteiger partial charge on any atom is -0.489 e. The van der Waals surface area contributed by atoms with Crippen LogP contribution in [0.5, 0.6) is 5.75 Å². The molecule has 0 unspecified atom stereocenters. The first kappa shape index (κ1) is 20.9. The SMILES string of the molecule is O=C(Nc1ccnn1Cc1c(Cl)cccc1Cl)c1cccc(OCc2cccnc2)c1. The van der Waals surface area contributed by atoms with E-state index in [9.17, 15) is 4.79 Å². The fourth-order valence-corrected chi connectivity index (χ4v) is 3.48. The van der Waals surface area contributed by atoms with Gasteiger partial charge in [0.1, 0.15) is 18.2 Å². The van der Waals surface area contributed by atoms with Gasteiger partial charge < -0.3 is 10.1 Å². The summed E-state index contributed by atoms with van der Waals surface area (Å²) >= 11 is 12.5. The van der Waals surface area contributed by atoms with Crippen LogP contribution in [-0.4, -0.2) is 20.7 Å². The van der Waals surface area contributed by atoms with Gasteiger partial charge >= 0.3 is 0 Å². The number of hydrogen-bond donors (Lipinski definition) is 1. The molecule has 2 aromatic heterocycles. The van der Waals surface area contributed by atoms with Crippen LogP contribution < -0.4 is 10.1 Å². The van der Waals surface area contributed by atoms with Crippen LogP contribution in [0.3, 0.4) is 0 Å². The number of carbonyl (C=O) groups is 1. The lowest BCUT2D eigenvalue weighted by molar-refractivity contribution is 0.102.